The van der Waals surface area contributed by atoms with Gasteiger partial charge < -0.3 is 4.74 Å². The summed E-state index contributed by atoms with van der Waals surface area (Å²) in [6.45, 7) is 2.14. The number of halogens is 3. The van der Waals surface area contributed by atoms with E-state index in [-0.39, 0.29) is 5.78 Å². The van der Waals surface area contributed by atoms with E-state index in [1.807, 2.05) is 0 Å². The number of hydrogen-bond donors (Lipinski definition) is 0. The van der Waals surface area contributed by atoms with Crippen molar-refractivity contribution in [2.75, 3.05) is 6.61 Å². The van der Waals surface area contributed by atoms with Gasteiger partial charge in [0.25, 0.3) is 0 Å². The molecule has 112 valence electrons. The molecule has 0 bridgehead atoms. The first-order valence-electron chi connectivity index (χ1n) is 6.61. The van der Waals surface area contributed by atoms with Gasteiger partial charge >= 0.3 is 6.18 Å². The van der Waals surface area contributed by atoms with Crippen molar-refractivity contribution < 1.29 is 22.7 Å². The Hall–Kier alpha value is -2.04. The number of ether oxygens (including phenoxy) is 1. The van der Waals surface area contributed by atoms with E-state index < -0.39 is 11.7 Å². The predicted octanol–water partition coefficient (Wildman–Crippen LogP) is 4.37. The van der Waals surface area contributed by atoms with E-state index in [1.54, 1.807) is 19.1 Å². The zero-order valence-electron chi connectivity index (χ0n) is 11.5. The zero-order valence-corrected chi connectivity index (χ0v) is 11.5. The van der Waals surface area contributed by atoms with Crippen LogP contribution in [0.25, 0.3) is 6.08 Å². The van der Waals surface area contributed by atoms with Gasteiger partial charge in [-0.05, 0) is 49.6 Å². The van der Waals surface area contributed by atoms with E-state index in [1.165, 1.54) is 12.1 Å². The molecular formula is C16H15F3O2. The maximum atomic E-state index is 12.5. The maximum absolute atomic E-state index is 12.5. The van der Waals surface area contributed by atoms with E-state index in [0.717, 1.165) is 25.0 Å². The van der Waals surface area contributed by atoms with Crippen LogP contribution in [0.15, 0.2) is 41.7 Å². The first-order valence-corrected chi connectivity index (χ1v) is 6.61. The molecule has 0 saturated heterocycles. The van der Waals surface area contributed by atoms with Crippen LogP contribution in [-0.4, -0.2) is 12.4 Å². The lowest BCUT2D eigenvalue weighted by Gasteiger charge is -2.13. The van der Waals surface area contributed by atoms with Gasteiger partial charge in [0.2, 0.25) is 5.78 Å². The van der Waals surface area contributed by atoms with Crippen LogP contribution in [-0.2, 0) is 15.7 Å². The van der Waals surface area contributed by atoms with Gasteiger partial charge in [-0.2, -0.15) is 13.2 Å². The Morgan fingerprint density at radius 3 is 2.43 bits per heavy atom. The van der Waals surface area contributed by atoms with Crippen molar-refractivity contribution in [3.8, 4) is 0 Å². The number of carbonyl (C=O) groups is 1. The van der Waals surface area contributed by atoms with Crippen LogP contribution >= 0.6 is 0 Å². The number of benzene rings is 1. The Balaban J connectivity index is 2.15. The Kier molecular flexibility index (Phi) is 4.50. The topological polar surface area (TPSA) is 26.3 Å². The zero-order chi connectivity index (χ0) is 15.5. The molecule has 0 fully saturated rings. The molecule has 0 aromatic heterocycles. The fourth-order valence-electron chi connectivity index (χ4n) is 1.99. The van der Waals surface area contributed by atoms with Crippen LogP contribution in [0.5, 0.6) is 0 Å². The Morgan fingerprint density at radius 1 is 1.24 bits per heavy atom. The molecule has 5 heteroatoms. The van der Waals surface area contributed by atoms with Crippen molar-refractivity contribution in [1.29, 1.82) is 0 Å². The average Bonchev–Trinajstić information content (AvgIpc) is 2.47. The highest BCUT2D eigenvalue weighted by molar-refractivity contribution is 6.09. The second-order valence-electron chi connectivity index (χ2n) is 4.84. The van der Waals surface area contributed by atoms with Gasteiger partial charge in [0.05, 0.1) is 12.2 Å². The summed E-state index contributed by atoms with van der Waals surface area (Å²) in [5.74, 6) is 0.0940. The summed E-state index contributed by atoms with van der Waals surface area (Å²) < 4.78 is 42.7. The van der Waals surface area contributed by atoms with Crippen LogP contribution in [0.3, 0.4) is 0 Å². The van der Waals surface area contributed by atoms with Gasteiger partial charge in [-0.25, -0.2) is 0 Å². The largest absolute Gasteiger partial charge is 0.490 e. The molecular weight excluding hydrogens is 281 g/mol. The highest BCUT2D eigenvalue weighted by atomic mass is 19.4. The number of alkyl halides is 3. The highest BCUT2D eigenvalue weighted by Crippen LogP contribution is 2.29. The van der Waals surface area contributed by atoms with Gasteiger partial charge in [0.15, 0.2) is 5.76 Å². The summed E-state index contributed by atoms with van der Waals surface area (Å²) in [6, 6.07) is 4.69. The van der Waals surface area contributed by atoms with Crippen LogP contribution in [0, 0.1) is 0 Å². The van der Waals surface area contributed by atoms with Crippen molar-refractivity contribution in [1.82, 2.24) is 0 Å². The van der Waals surface area contributed by atoms with E-state index in [9.17, 15) is 18.0 Å². The molecule has 0 N–H and O–H groups in total. The fraction of sp³-hybridized carbons (Fsp3) is 0.312. The molecule has 1 aliphatic rings. The Labute approximate surface area is 120 Å². The van der Waals surface area contributed by atoms with E-state index in [2.05, 4.69) is 0 Å². The molecule has 1 aliphatic heterocycles. The minimum Gasteiger partial charge on any atom is -0.490 e. The minimum absolute atomic E-state index is 0.227. The van der Waals surface area contributed by atoms with Crippen LogP contribution in [0.4, 0.5) is 13.2 Å². The molecule has 1 heterocycles. The summed E-state index contributed by atoms with van der Waals surface area (Å²) >= 11 is 0. The third kappa shape index (κ3) is 3.97. The summed E-state index contributed by atoms with van der Waals surface area (Å²) in [5, 5.41) is 0. The van der Waals surface area contributed by atoms with Crippen LogP contribution < -0.4 is 0 Å². The quantitative estimate of drug-likeness (QED) is 0.774. The minimum atomic E-state index is -4.35. The van der Waals surface area contributed by atoms with E-state index in [0.29, 0.717) is 23.5 Å². The molecule has 0 radical (unpaired) electrons. The molecule has 0 atom stereocenters. The average molecular weight is 296 g/mol. The summed E-state index contributed by atoms with van der Waals surface area (Å²) in [4.78, 5) is 12.1. The number of hydrogen-bond acceptors (Lipinski definition) is 2. The smallest absolute Gasteiger partial charge is 0.416 e. The molecule has 0 saturated carbocycles. The third-order valence-electron chi connectivity index (χ3n) is 3.14. The molecule has 2 nitrogen and oxygen atoms in total. The second kappa shape index (κ2) is 6.16. The van der Waals surface area contributed by atoms with E-state index >= 15 is 0 Å². The summed E-state index contributed by atoms with van der Waals surface area (Å²) in [5.41, 5.74) is 0.273. The van der Waals surface area contributed by atoms with Gasteiger partial charge in [0, 0.05) is 5.57 Å². The normalized spacial score (nSPS) is 16.2. The lowest BCUT2D eigenvalue weighted by Crippen LogP contribution is -2.11. The molecule has 0 spiro atoms. The van der Waals surface area contributed by atoms with Gasteiger partial charge in [-0.3, -0.25) is 4.79 Å². The second-order valence-corrected chi connectivity index (χ2v) is 4.84. The summed E-state index contributed by atoms with van der Waals surface area (Å²) in [7, 11) is 0. The Bertz CT molecular complexity index is 581. The maximum Gasteiger partial charge on any atom is 0.416 e. The van der Waals surface area contributed by atoms with Crippen molar-refractivity contribution in [3.63, 3.8) is 0 Å². The van der Waals surface area contributed by atoms with Crippen LogP contribution in [0.1, 0.15) is 30.9 Å². The first kappa shape index (κ1) is 15.4. The monoisotopic (exact) mass is 296 g/mol. The predicted molar refractivity (Wildman–Crippen MR) is 73.4 cm³/mol. The first-order chi connectivity index (χ1) is 9.88. The Morgan fingerprint density at radius 2 is 1.90 bits per heavy atom. The number of carbonyl (C=O) groups excluding carboxylic acids is 1. The SMILES string of the molecule is C/C(=C\c1ccc(C(F)(F)F)cc1)C(=O)C1=CCCCO1. The van der Waals surface area contributed by atoms with Gasteiger partial charge in [-0.15, -0.1) is 0 Å². The molecule has 1 aromatic carbocycles. The molecule has 2 rings (SSSR count). The molecule has 21 heavy (non-hydrogen) atoms. The van der Waals surface area contributed by atoms with Crippen molar-refractivity contribution in [2.24, 2.45) is 0 Å². The fourth-order valence-corrected chi connectivity index (χ4v) is 1.99. The van der Waals surface area contributed by atoms with E-state index in [4.69, 9.17) is 4.74 Å². The van der Waals surface area contributed by atoms with Crippen LogP contribution in [0.2, 0.25) is 0 Å². The number of allylic oxidation sites excluding steroid dienone is 2. The summed E-state index contributed by atoms with van der Waals surface area (Å²) in [6.07, 6.45) is 0.637. The van der Waals surface area contributed by atoms with Gasteiger partial charge in [0.1, 0.15) is 0 Å². The number of ketones is 1. The standard InChI is InChI=1S/C16H15F3O2/c1-11(15(20)14-4-2-3-9-21-14)10-12-5-7-13(8-6-12)16(17,18)19/h4-8,10H,2-3,9H2,1H3/b11-10+. The van der Waals surface area contributed by atoms with Crippen molar-refractivity contribution in [2.45, 2.75) is 25.9 Å². The molecule has 0 unspecified atom stereocenters. The molecule has 0 aliphatic carbocycles. The number of Topliss-reactive ketones (excluding diaryl/α,β-unsaturated/α-hetero) is 1. The highest BCUT2D eigenvalue weighted by Gasteiger charge is 2.29. The lowest BCUT2D eigenvalue weighted by molar-refractivity contribution is -0.137. The van der Waals surface area contributed by atoms with Crippen molar-refractivity contribution >= 4 is 11.9 Å². The molecule has 0 amide bonds. The third-order valence-corrected chi connectivity index (χ3v) is 3.14. The lowest BCUT2D eigenvalue weighted by atomic mass is 10.0. The van der Waals surface area contributed by atoms with Crippen molar-refractivity contribution in [3.05, 3.63) is 52.8 Å². The van der Waals surface area contributed by atoms with Gasteiger partial charge in [-0.1, -0.05) is 12.1 Å². The number of rotatable bonds is 3. The molecule has 1 aromatic rings.